The molecule has 7 nitrogen and oxygen atoms in total. The van der Waals surface area contributed by atoms with Gasteiger partial charge in [-0.1, -0.05) is 71.4 Å². The van der Waals surface area contributed by atoms with Gasteiger partial charge in [0.1, 0.15) is 11.4 Å². The molecule has 0 bridgehead atoms. The predicted octanol–water partition coefficient (Wildman–Crippen LogP) is 6.34. The number of benzene rings is 1. The molecule has 0 unspecified atom stereocenters. The highest BCUT2D eigenvalue weighted by Gasteiger charge is 2.50. The van der Waals surface area contributed by atoms with Crippen LogP contribution in [0.1, 0.15) is 102 Å². The molecule has 4 rings (SSSR count). The van der Waals surface area contributed by atoms with E-state index in [-0.39, 0.29) is 35.6 Å². The van der Waals surface area contributed by atoms with E-state index in [2.05, 4.69) is 59.0 Å². The summed E-state index contributed by atoms with van der Waals surface area (Å²) in [5.74, 6) is -0.568. The second-order valence-electron chi connectivity index (χ2n) is 14.0. The number of allylic oxidation sites excluding steroid dienone is 3. The van der Waals surface area contributed by atoms with Crippen molar-refractivity contribution in [1.82, 2.24) is 10.2 Å². The van der Waals surface area contributed by atoms with Crippen LogP contribution in [0, 0.1) is 16.7 Å². The number of aliphatic imine (C=N–C) groups is 1. The Labute approximate surface area is 245 Å². The van der Waals surface area contributed by atoms with Gasteiger partial charge in [0.05, 0.1) is 6.42 Å². The predicted molar refractivity (Wildman–Crippen MR) is 163 cm³/mol. The van der Waals surface area contributed by atoms with Crippen LogP contribution in [-0.2, 0) is 16.0 Å². The summed E-state index contributed by atoms with van der Waals surface area (Å²) in [5.41, 5.74) is 4.53. The average Bonchev–Trinajstić information content (AvgIpc) is 3.17. The lowest BCUT2D eigenvalue weighted by Crippen LogP contribution is -2.50. The van der Waals surface area contributed by atoms with Crippen molar-refractivity contribution in [3.63, 3.8) is 0 Å². The lowest BCUT2D eigenvalue weighted by molar-refractivity contribution is -0.136. The summed E-state index contributed by atoms with van der Waals surface area (Å²) in [4.78, 5) is 44.3. The van der Waals surface area contributed by atoms with Crippen molar-refractivity contribution in [2.24, 2.45) is 21.7 Å². The number of hydrogen-bond acceptors (Lipinski definition) is 4. The Morgan fingerprint density at radius 1 is 1.02 bits per heavy atom. The van der Waals surface area contributed by atoms with Crippen LogP contribution >= 0.6 is 0 Å². The molecule has 0 atom stereocenters. The molecule has 1 heterocycles. The minimum Gasteiger partial charge on any atom is -0.481 e. The number of amides is 2. The number of hydrogen-bond donors (Lipinski definition) is 2. The highest BCUT2D eigenvalue weighted by molar-refractivity contribution is 6.46. The molecular weight excluding hydrogens is 514 g/mol. The molecule has 1 fully saturated rings. The van der Waals surface area contributed by atoms with Crippen molar-refractivity contribution in [2.75, 3.05) is 13.1 Å². The van der Waals surface area contributed by atoms with E-state index in [1.165, 1.54) is 5.57 Å². The quantitative estimate of drug-likeness (QED) is 0.362. The topological polar surface area (TPSA) is 99.1 Å². The van der Waals surface area contributed by atoms with E-state index in [0.717, 1.165) is 49.7 Å². The summed E-state index contributed by atoms with van der Waals surface area (Å²) in [5, 5.41) is 11.4. The number of rotatable bonds is 8. The van der Waals surface area contributed by atoms with Crippen LogP contribution in [0.15, 0.2) is 52.6 Å². The van der Waals surface area contributed by atoms with Crippen LogP contribution in [0.5, 0.6) is 0 Å². The minimum absolute atomic E-state index is 0.0486. The van der Waals surface area contributed by atoms with E-state index in [1.54, 1.807) is 12.1 Å². The van der Waals surface area contributed by atoms with E-state index < -0.39 is 11.6 Å². The first-order valence-corrected chi connectivity index (χ1v) is 15.1. The average molecular weight is 562 g/mol. The van der Waals surface area contributed by atoms with Gasteiger partial charge in [-0.05, 0) is 85.0 Å². The number of carboxylic acids is 1. The highest BCUT2D eigenvalue weighted by atomic mass is 16.4. The molecular formula is C34H47N3O4. The SMILES string of the molecule is CC(C)(C)C1=CCC(C2=NC3(CCC(C(C)(C)C)CC3)N(CCc3ccc(C(=O)NCCC(=O)O)cc3)C2=O)=CC1. The van der Waals surface area contributed by atoms with Crippen molar-refractivity contribution in [1.29, 1.82) is 0 Å². The van der Waals surface area contributed by atoms with Crippen LogP contribution in [0.4, 0.5) is 0 Å². The zero-order valence-corrected chi connectivity index (χ0v) is 25.7. The summed E-state index contributed by atoms with van der Waals surface area (Å²) >= 11 is 0. The molecule has 0 saturated heterocycles. The minimum atomic E-state index is -0.945. The molecule has 1 spiro atoms. The maximum atomic E-state index is 14.0. The molecule has 1 aromatic rings. The fraction of sp³-hybridized carbons (Fsp3) is 0.588. The Morgan fingerprint density at radius 3 is 2.22 bits per heavy atom. The van der Waals surface area contributed by atoms with E-state index in [9.17, 15) is 14.4 Å². The van der Waals surface area contributed by atoms with Gasteiger partial charge < -0.3 is 15.3 Å². The van der Waals surface area contributed by atoms with Crippen molar-refractivity contribution in [3.05, 3.63) is 58.7 Å². The van der Waals surface area contributed by atoms with Crippen molar-refractivity contribution < 1.29 is 19.5 Å². The Balaban J connectivity index is 1.48. The molecule has 3 aliphatic rings. The maximum absolute atomic E-state index is 14.0. The second kappa shape index (κ2) is 11.9. The van der Waals surface area contributed by atoms with E-state index in [4.69, 9.17) is 10.1 Å². The first kappa shape index (κ1) is 30.7. The first-order valence-electron chi connectivity index (χ1n) is 15.1. The molecule has 2 amide bonds. The molecule has 1 aliphatic heterocycles. The Bertz CT molecular complexity index is 1250. The lowest BCUT2D eigenvalue weighted by Gasteiger charge is -2.45. The molecule has 7 heteroatoms. The molecule has 41 heavy (non-hydrogen) atoms. The summed E-state index contributed by atoms with van der Waals surface area (Å²) in [6, 6.07) is 7.35. The molecule has 2 aliphatic carbocycles. The zero-order valence-electron chi connectivity index (χ0n) is 25.7. The summed E-state index contributed by atoms with van der Waals surface area (Å²) in [6.07, 6.45) is 10.6. The Morgan fingerprint density at radius 2 is 1.68 bits per heavy atom. The van der Waals surface area contributed by atoms with Crippen molar-refractivity contribution in [3.8, 4) is 0 Å². The largest absolute Gasteiger partial charge is 0.481 e. The van der Waals surface area contributed by atoms with Gasteiger partial charge in [-0.3, -0.25) is 19.4 Å². The summed E-state index contributed by atoms with van der Waals surface area (Å²) < 4.78 is 0. The van der Waals surface area contributed by atoms with E-state index in [1.807, 2.05) is 17.0 Å². The summed E-state index contributed by atoms with van der Waals surface area (Å²) in [6.45, 7) is 14.3. The lowest BCUT2D eigenvalue weighted by atomic mass is 9.69. The summed E-state index contributed by atoms with van der Waals surface area (Å²) in [7, 11) is 0. The molecule has 0 radical (unpaired) electrons. The van der Waals surface area contributed by atoms with Gasteiger partial charge in [0.2, 0.25) is 0 Å². The van der Waals surface area contributed by atoms with Crippen molar-refractivity contribution >= 4 is 23.5 Å². The normalized spacial score (nSPS) is 23.3. The standard InChI is InChI=1S/C34H47N3O4/c1-32(2,3)26-13-11-24(12-14-26)29-31(41)37(34(36-29)19-15-27(16-20-34)33(4,5)6)22-18-23-7-9-25(10-8-23)30(40)35-21-17-28(38)39/h7-11,14,27H,12-13,15-22H2,1-6H3,(H,35,40)(H,38,39). The maximum Gasteiger partial charge on any atom is 0.305 e. The van der Waals surface area contributed by atoms with Gasteiger partial charge in [0, 0.05) is 18.7 Å². The fourth-order valence-corrected chi connectivity index (χ4v) is 6.37. The third-order valence-electron chi connectivity index (χ3n) is 9.15. The second-order valence-corrected chi connectivity index (χ2v) is 14.0. The van der Waals surface area contributed by atoms with E-state index >= 15 is 0 Å². The fourth-order valence-electron chi connectivity index (χ4n) is 6.37. The monoisotopic (exact) mass is 561 g/mol. The first-order chi connectivity index (χ1) is 19.2. The van der Waals surface area contributed by atoms with Crippen LogP contribution in [-0.4, -0.2) is 52.3 Å². The van der Waals surface area contributed by atoms with Gasteiger partial charge >= 0.3 is 5.97 Å². The number of aliphatic carboxylic acids is 1. The van der Waals surface area contributed by atoms with Gasteiger partial charge in [-0.2, -0.15) is 0 Å². The number of carboxylic acid groups (broad SMARTS) is 1. The molecule has 1 aromatic carbocycles. The van der Waals surface area contributed by atoms with Crippen LogP contribution in [0.2, 0.25) is 0 Å². The van der Waals surface area contributed by atoms with Crippen LogP contribution < -0.4 is 5.32 Å². The smallest absolute Gasteiger partial charge is 0.305 e. The molecule has 0 aromatic heterocycles. The molecule has 2 N–H and O–H groups in total. The van der Waals surface area contributed by atoms with Crippen molar-refractivity contribution in [2.45, 2.75) is 98.6 Å². The van der Waals surface area contributed by atoms with Gasteiger partial charge in [-0.25, -0.2) is 0 Å². The Kier molecular flexibility index (Phi) is 8.95. The number of carbonyl (C=O) groups excluding carboxylic acids is 2. The third-order valence-corrected chi connectivity index (χ3v) is 9.15. The Hall–Kier alpha value is -3.22. The van der Waals surface area contributed by atoms with Gasteiger partial charge in [-0.15, -0.1) is 0 Å². The number of carbonyl (C=O) groups is 3. The highest BCUT2D eigenvalue weighted by Crippen LogP contribution is 2.47. The van der Waals surface area contributed by atoms with Crippen LogP contribution in [0.25, 0.3) is 0 Å². The molecule has 1 saturated carbocycles. The number of nitrogens with one attached hydrogen (secondary N) is 1. The van der Waals surface area contributed by atoms with E-state index in [0.29, 0.717) is 30.2 Å². The molecule has 222 valence electrons. The van der Waals surface area contributed by atoms with Gasteiger partial charge in [0.25, 0.3) is 11.8 Å². The van der Waals surface area contributed by atoms with Crippen LogP contribution in [0.3, 0.4) is 0 Å². The zero-order chi connectivity index (χ0) is 30.0. The third kappa shape index (κ3) is 7.17. The van der Waals surface area contributed by atoms with Gasteiger partial charge in [0.15, 0.2) is 0 Å². The number of nitrogens with zero attached hydrogens (tertiary/aromatic N) is 2.